The summed E-state index contributed by atoms with van der Waals surface area (Å²) in [6.07, 6.45) is 0.964. The first-order valence-corrected chi connectivity index (χ1v) is 6.97. The van der Waals surface area contributed by atoms with Crippen molar-refractivity contribution >= 4 is 15.9 Å². The number of hydrogen-bond donors (Lipinski definition) is 1. The molecule has 0 unspecified atom stereocenters. The lowest BCUT2D eigenvalue weighted by Crippen LogP contribution is -2.26. The molecule has 0 spiro atoms. The van der Waals surface area contributed by atoms with Crippen molar-refractivity contribution in [3.05, 3.63) is 45.4 Å². The predicted octanol–water partition coefficient (Wildman–Crippen LogP) is 3.00. The van der Waals surface area contributed by atoms with Crippen LogP contribution < -0.4 is 5.32 Å². The van der Waals surface area contributed by atoms with E-state index >= 15 is 0 Å². The molecule has 0 saturated heterocycles. The van der Waals surface area contributed by atoms with Gasteiger partial charge in [-0.3, -0.25) is 0 Å². The van der Waals surface area contributed by atoms with E-state index < -0.39 is 0 Å². The van der Waals surface area contributed by atoms with Crippen LogP contribution in [0, 0.1) is 12.7 Å². The fraction of sp³-hybridized carbons (Fsp3) is 0.286. The quantitative estimate of drug-likeness (QED) is 0.877. The predicted molar refractivity (Wildman–Crippen MR) is 75.3 cm³/mol. The van der Waals surface area contributed by atoms with E-state index in [1.54, 1.807) is 6.07 Å². The molecule has 0 bridgehead atoms. The molecule has 2 aromatic rings. The van der Waals surface area contributed by atoms with Crippen LogP contribution in [-0.2, 0) is 13.0 Å². The molecule has 19 heavy (non-hydrogen) atoms. The molecule has 1 N–H and O–H groups in total. The molecule has 3 nitrogen and oxygen atoms in total. The summed E-state index contributed by atoms with van der Waals surface area (Å²) in [5, 5.41) is 3.31. The molecule has 1 aliphatic rings. The molecule has 0 amide bonds. The minimum absolute atomic E-state index is 0.271. The first-order chi connectivity index (χ1) is 9.15. The average Bonchev–Trinajstić information content (AvgIpc) is 2.38. The maximum absolute atomic E-state index is 13.1. The Morgan fingerprint density at radius 2 is 2.16 bits per heavy atom. The number of rotatable bonds is 1. The summed E-state index contributed by atoms with van der Waals surface area (Å²) in [7, 11) is 0. The van der Waals surface area contributed by atoms with Gasteiger partial charge in [0.25, 0.3) is 0 Å². The number of aromatic nitrogens is 2. The molecule has 0 atom stereocenters. The highest BCUT2D eigenvalue weighted by Crippen LogP contribution is 2.28. The Labute approximate surface area is 119 Å². The van der Waals surface area contributed by atoms with Gasteiger partial charge in [0.05, 0.1) is 5.69 Å². The third-order valence-electron chi connectivity index (χ3n) is 3.32. The van der Waals surface area contributed by atoms with Gasteiger partial charge in [-0.25, -0.2) is 14.4 Å². The molecule has 3 rings (SSSR count). The Kier molecular flexibility index (Phi) is 3.33. The lowest BCUT2D eigenvalue weighted by molar-refractivity contribution is 0.619. The number of hydrogen-bond acceptors (Lipinski definition) is 3. The maximum atomic E-state index is 13.1. The van der Waals surface area contributed by atoms with Crippen molar-refractivity contribution < 1.29 is 4.39 Å². The summed E-state index contributed by atoms with van der Waals surface area (Å²) in [6.45, 7) is 3.74. The van der Waals surface area contributed by atoms with Gasteiger partial charge in [-0.05, 0) is 59.6 Å². The van der Waals surface area contributed by atoms with Crippen LogP contribution in [-0.4, -0.2) is 16.5 Å². The smallest absolute Gasteiger partial charge is 0.160 e. The monoisotopic (exact) mass is 321 g/mol. The van der Waals surface area contributed by atoms with Crippen molar-refractivity contribution in [1.82, 2.24) is 15.3 Å². The fourth-order valence-electron chi connectivity index (χ4n) is 2.34. The van der Waals surface area contributed by atoms with Crippen molar-refractivity contribution in [2.45, 2.75) is 19.9 Å². The maximum Gasteiger partial charge on any atom is 0.160 e. The standard InChI is InChI=1S/C14H13BrFN3/c1-8-10-4-5-17-7-13(10)19-14(18-8)11-3-2-9(16)6-12(11)15/h2-3,6,17H,4-5,7H2,1H3. The van der Waals surface area contributed by atoms with Gasteiger partial charge in [0.1, 0.15) is 5.82 Å². The van der Waals surface area contributed by atoms with Gasteiger partial charge in [-0.2, -0.15) is 0 Å². The van der Waals surface area contributed by atoms with Crippen LogP contribution in [0.25, 0.3) is 11.4 Å². The van der Waals surface area contributed by atoms with Gasteiger partial charge in [0, 0.05) is 22.3 Å². The van der Waals surface area contributed by atoms with Gasteiger partial charge < -0.3 is 5.32 Å². The minimum Gasteiger partial charge on any atom is -0.311 e. The van der Waals surface area contributed by atoms with Crippen LogP contribution in [0.5, 0.6) is 0 Å². The lowest BCUT2D eigenvalue weighted by atomic mass is 10.0. The van der Waals surface area contributed by atoms with E-state index in [2.05, 4.69) is 31.2 Å². The van der Waals surface area contributed by atoms with E-state index in [9.17, 15) is 4.39 Å². The Hall–Kier alpha value is -1.33. The molecule has 1 aromatic heterocycles. The highest BCUT2D eigenvalue weighted by atomic mass is 79.9. The van der Waals surface area contributed by atoms with Gasteiger partial charge in [-0.15, -0.1) is 0 Å². The van der Waals surface area contributed by atoms with E-state index in [-0.39, 0.29) is 5.82 Å². The van der Waals surface area contributed by atoms with Crippen LogP contribution in [0.3, 0.4) is 0 Å². The second kappa shape index (κ2) is 4.98. The summed E-state index contributed by atoms with van der Waals surface area (Å²) in [5.74, 6) is 0.374. The zero-order chi connectivity index (χ0) is 13.4. The first kappa shape index (κ1) is 12.7. The Morgan fingerprint density at radius 1 is 1.32 bits per heavy atom. The zero-order valence-electron chi connectivity index (χ0n) is 10.5. The summed E-state index contributed by atoms with van der Waals surface area (Å²) < 4.78 is 13.8. The third kappa shape index (κ3) is 2.40. The topological polar surface area (TPSA) is 37.8 Å². The van der Waals surface area contributed by atoms with Crippen molar-refractivity contribution in [2.24, 2.45) is 0 Å². The van der Waals surface area contributed by atoms with Crippen LogP contribution in [0.4, 0.5) is 4.39 Å². The van der Waals surface area contributed by atoms with E-state index in [4.69, 9.17) is 0 Å². The Morgan fingerprint density at radius 3 is 2.95 bits per heavy atom. The molecular formula is C14H13BrFN3. The SMILES string of the molecule is Cc1nc(-c2ccc(F)cc2Br)nc2c1CCNC2. The molecule has 2 heterocycles. The summed E-state index contributed by atoms with van der Waals surface area (Å²) in [4.78, 5) is 9.16. The number of fused-ring (bicyclic) bond motifs is 1. The molecule has 0 fully saturated rings. The third-order valence-corrected chi connectivity index (χ3v) is 3.97. The number of aryl methyl sites for hydroxylation is 1. The van der Waals surface area contributed by atoms with Crippen molar-refractivity contribution in [2.75, 3.05) is 6.54 Å². The summed E-state index contributed by atoms with van der Waals surface area (Å²) in [6, 6.07) is 4.57. The second-order valence-corrected chi connectivity index (χ2v) is 5.46. The highest BCUT2D eigenvalue weighted by Gasteiger charge is 2.17. The molecule has 0 saturated carbocycles. The number of nitrogens with one attached hydrogen (secondary N) is 1. The normalized spacial score (nSPS) is 14.3. The van der Waals surface area contributed by atoms with E-state index in [1.807, 2.05) is 6.92 Å². The summed E-state index contributed by atoms with van der Waals surface area (Å²) in [5.41, 5.74) is 4.11. The fourth-order valence-corrected chi connectivity index (χ4v) is 2.87. The lowest BCUT2D eigenvalue weighted by Gasteiger charge is -2.18. The van der Waals surface area contributed by atoms with Gasteiger partial charge in [0.2, 0.25) is 0 Å². The molecular weight excluding hydrogens is 309 g/mol. The van der Waals surface area contributed by atoms with Crippen molar-refractivity contribution in [3.63, 3.8) is 0 Å². The summed E-state index contributed by atoms with van der Waals surface area (Å²) >= 11 is 3.37. The molecule has 1 aliphatic heterocycles. The number of benzene rings is 1. The van der Waals surface area contributed by atoms with Crippen LogP contribution in [0.1, 0.15) is 17.0 Å². The average molecular weight is 322 g/mol. The second-order valence-electron chi connectivity index (χ2n) is 4.61. The molecule has 0 aliphatic carbocycles. The largest absolute Gasteiger partial charge is 0.311 e. The van der Waals surface area contributed by atoms with E-state index in [0.717, 1.165) is 36.5 Å². The van der Waals surface area contributed by atoms with Crippen molar-refractivity contribution in [1.29, 1.82) is 0 Å². The van der Waals surface area contributed by atoms with Crippen LogP contribution in [0.2, 0.25) is 0 Å². The number of halogens is 2. The molecule has 1 aromatic carbocycles. The zero-order valence-corrected chi connectivity index (χ0v) is 12.1. The Bertz CT molecular complexity index is 643. The van der Waals surface area contributed by atoms with Crippen molar-refractivity contribution in [3.8, 4) is 11.4 Å². The molecule has 5 heteroatoms. The van der Waals surface area contributed by atoms with Gasteiger partial charge in [-0.1, -0.05) is 0 Å². The highest BCUT2D eigenvalue weighted by molar-refractivity contribution is 9.10. The molecule has 0 radical (unpaired) electrons. The van der Waals surface area contributed by atoms with Crippen LogP contribution in [0.15, 0.2) is 22.7 Å². The Balaban J connectivity index is 2.13. The van der Waals surface area contributed by atoms with Gasteiger partial charge in [0.15, 0.2) is 5.82 Å². The van der Waals surface area contributed by atoms with Gasteiger partial charge >= 0.3 is 0 Å². The first-order valence-electron chi connectivity index (χ1n) is 6.17. The van der Waals surface area contributed by atoms with E-state index in [0.29, 0.717) is 10.3 Å². The minimum atomic E-state index is -0.271. The molecule has 98 valence electrons. The van der Waals surface area contributed by atoms with Crippen LogP contribution >= 0.6 is 15.9 Å². The number of nitrogens with zero attached hydrogens (tertiary/aromatic N) is 2. The van der Waals surface area contributed by atoms with E-state index in [1.165, 1.54) is 17.7 Å².